The monoisotopic (exact) mass is 271 g/mol. The highest BCUT2D eigenvalue weighted by molar-refractivity contribution is 7.89. The van der Waals surface area contributed by atoms with Gasteiger partial charge in [0, 0.05) is 30.5 Å². The molecule has 0 amide bonds. The van der Waals surface area contributed by atoms with Gasteiger partial charge in [0.2, 0.25) is 10.0 Å². The van der Waals surface area contributed by atoms with Crippen LogP contribution in [-0.2, 0) is 23.1 Å². The van der Waals surface area contributed by atoms with Crippen LogP contribution in [0.3, 0.4) is 0 Å². The van der Waals surface area contributed by atoms with Gasteiger partial charge in [0.1, 0.15) is 0 Å². The predicted octanol–water partition coefficient (Wildman–Crippen LogP) is 1.06. The Kier molecular flexibility index (Phi) is 3.53. The molecule has 0 radical (unpaired) electrons. The van der Waals surface area contributed by atoms with E-state index >= 15 is 0 Å². The maximum absolute atomic E-state index is 12.2. The first kappa shape index (κ1) is 13.6. The van der Waals surface area contributed by atoms with Crippen LogP contribution in [0.25, 0.3) is 0 Å². The first-order chi connectivity index (χ1) is 8.40. The van der Waals surface area contributed by atoms with E-state index in [0.717, 1.165) is 25.1 Å². The van der Waals surface area contributed by atoms with Crippen molar-refractivity contribution in [2.45, 2.75) is 50.2 Å². The van der Waals surface area contributed by atoms with Gasteiger partial charge in [-0.05, 0) is 39.8 Å². The third-order valence-electron chi connectivity index (χ3n) is 3.35. The molecule has 2 N–H and O–H groups in total. The Bertz CT molecular complexity index is 530. The SMILES string of the molecule is CCn1cc(S(=O)(=O)NC2(C)CC2)cc1CNC. The molecule has 1 heterocycles. The third-order valence-corrected chi connectivity index (χ3v) is 4.96. The van der Waals surface area contributed by atoms with Crippen LogP contribution in [0.1, 0.15) is 32.4 Å². The number of aromatic nitrogens is 1. The molecule has 1 aromatic heterocycles. The average molecular weight is 271 g/mol. The molecule has 1 aliphatic carbocycles. The molecule has 0 aromatic carbocycles. The molecule has 102 valence electrons. The molecule has 1 aliphatic rings. The number of hydrogen-bond donors (Lipinski definition) is 2. The Morgan fingerprint density at radius 1 is 1.44 bits per heavy atom. The summed E-state index contributed by atoms with van der Waals surface area (Å²) in [6, 6.07) is 1.74. The molecule has 0 aliphatic heterocycles. The average Bonchev–Trinajstić information content (AvgIpc) is 2.86. The van der Waals surface area contributed by atoms with Crippen molar-refractivity contribution in [1.29, 1.82) is 0 Å². The van der Waals surface area contributed by atoms with Crippen LogP contribution < -0.4 is 10.0 Å². The highest BCUT2D eigenvalue weighted by Gasteiger charge is 2.41. The van der Waals surface area contributed by atoms with E-state index in [4.69, 9.17) is 0 Å². The zero-order chi connectivity index (χ0) is 13.4. The molecule has 2 rings (SSSR count). The summed E-state index contributed by atoms with van der Waals surface area (Å²) < 4.78 is 29.2. The van der Waals surface area contributed by atoms with E-state index in [1.807, 2.05) is 25.5 Å². The van der Waals surface area contributed by atoms with Crippen molar-refractivity contribution in [1.82, 2.24) is 14.6 Å². The maximum atomic E-state index is 12.2. The molecule has 0 bridgehead atoms. The summed E-state index contributed by atoms with van der Waals surface area (Å²) in [7, 11) is -1.53. The van der Waals surface area contributed by atoms with Crippen LogP contribution >= 0.6 is 0 Å². The number of sulfonamides is 1. The topological polar surface area (TPSA) is 63.1 Å². The molecule has 1 fully saturated rings. The van der Waals surface area contributed by atoms with E-state index in [-0.39, 0.29) is 5.54 Å². The van der Waals surface area contributed by atoms with Gasteiger partial charge in [-0.25, -0.2) is 13.1 Å². The van der Waals surface area contributed by atoms with Crippen LogP contribution in [0.5, 0.6) is 0 Å². The van der Waals surface area contributed by atoms with E-state index in [1.165, 1.54) is 0 Å². The number of hydrogen-bond acceptors (Lipinski definition) is 3. The smallest absolute Gasteiger partial charge is 0.242 e. The molecule has 5 nitrogen and oxygen atoms in total. The van der Waals surface area contributed by atoms with Crippen molar-refractivity contribution in [2.24, 2.45) is 0 Å². The molecule has 1 aromatic rings. The van der Waals surface area contributed by atoms with Gasteiger partial charge in [-0.1, -0.05) is 0 Å². The molecular weight excluding hydrogens is 250 g/mol. The highest BCUT2D eigenvalue weighted by atomic mass is 32.2. The number of aryl methyl sites for hydroxylation is 1. The summed E-state index contributed by atoms with van der Waals surface area (Å²) in [5, 5.41) is 3.05. The van der Waals surface area contributed by atoms with Crippen molar-refractivity contribution in [3.63, 3.8) is 0 Å². The van der Waals surface area contributed by atoms with Crippen molar-refractivity contribution in [2.75, 3.05) is 7.05 Å². The molecule has 18 heavy (non-hydrogen) atoms. The van der Waals surface area contributed by atoms with E-state index in [9.17, 15) is 8.42 Å². The summed E-state index contributed by atoms with van der Waals surface area (Å²) in [5.74, 6) is 0. The van der Waals surface area contributed by atoms with Crippen molar-refractivity contribution < 1.29 is 8.42 Å². The summed E-state index contributed by atoms with van der Waals surface area (Å²) in [4.78, 5) is 0.364. The van der Waals surface area contributed by atoms with Crippen molar-refractivity contribution >= 4 is 10.0 Å². The first-order valence-electron chi connectivity index (χ1n) is 6.28. The fourth-order valence-corrected chi connectivity index (χ4v) is 3.50. The largest absolute Gasteiger partial charge is 0.349 e. The lowest BCUT2D eigenvalue weighted by molar-refractivity contribution is 0.557. The quantitative estimate of drug-likeness (QED) is 0.813. The summed E-state index contributed by atoms with van der Waals surface area (Å²) in [5.41, 5.74) is 0.761. The zero-order valence-electron chi connectivity index (χ0n) is 11.2. The van der Waals surface area contributed by atoms with E-state index in [2.05, 4.69) is 10.0 Å². The highest BCUT2D eigenvalue weighted by Crippen LogP contribution is 2.36. The minimum atomic E-state index is -3.38. The van der Waals surface area contributed by atoms with Crippen LogP contribution in [0, 0.1) is 0 Å². The lowest BCUT2D eigenvalue weighted by atomic mass is 10.4. The lowest BCUT2D eigenvalue weighted by Crippen LogP contribution is -2.34. The number of nitrogens with zero attached hydrogens (tertiary/aromatic N) is 1. The lowest BCUT2D eigenvalue weighted by Gasteiger charge is -2.10. The molecule has 6 heteroatoms. The second-order valence-electron chi connectivity index (χ2n) is 5.15. The zero-order valence-corrected chi connectivity index (χ0v) is 12.0. The van der Waals surface area contributed by atoms with E-state index in [1.54, 1.807) is 12.3 Å². The summed E-state index contributed by atoms with van der Waals surface area (Å²) >= 11 is 0. The molecule has 0 atom stereocenters. The third kappa shape index (κ3) is 2.76. The first-order valence-corrected chi connectivity index (χ1v) is 7.76. The van der Waals surface area contributed by atoms with Crippen LogP contribution in [0.4, 0.5) is 0 Å². The maximum Gasteiger partial charge on any atom is 0.242 e. The summed E-state index contributed by atoms with van der Waals surface area (Å²) in [6.07, 6.45) is 3.55. The Hall–Kier alpha value is -0.850. The Morgan fingerprint density at radius 3 is 2.61 bits per heavy atom. The van der Waals surface area contributed by atoms with E-state index < -0.39 is 10.0 Å². The van der Waals surface area contributed by atoms with E-state index in [0.29, 0.717) is 11.4 Å². The molecule has 0 saturated heterocycles. The van der Waals surface area contributed by atoms with Gasteiger partial charge in [0.05, 0.1) is 4.90 Å². The Labute approximate surface area is 109 Å². The Balaban J connectivity index is 2.27. The normalized spacial score (nSPS) is 17.9. The van der Waals surface area contributed by atoms with Crippen LogP contribution in [0.15, 0.2) is 17.2 Å². The van der Waals surface area contributed by atoms with Gasteiger partial charge >= 0.3 is 0 Å². The minimum absolute atomic E-state index is 0.226. The standard InChI is InChI=1S/C12H21N3O2S/c1-4-15-9-11(7-10(15)8-13-3)18(16,17)14-12(2)5-6-12/h7,9,13-14H,4-6,8H2,1-3H3. The summed E-state index contributed by atoms with van der Waals surface area (Å²) in [6.45, 7) is 5.38. The number of nitrogens with one attached hydrogen (secondary N) is 2. The molecular formula is C12H21N3O2S. The predicted molar refractivity (Wildman–Crippen MR) is 70.8 cm³/mol. The van der Waals surface area contributed by atoms with Crippen molar-refractivity contribution in [3.8, 4) is 0 Å². The van der Waals surface area contributed by atoms with Gasteiger partial charge in [-0.15, -0.1) is 0 Å². The Morgan fingerprint density at radius 2 is 2.11 bits per heavy atom. The van der Waals surface area contributed by atoms with Gasteiger partial charge in [0.25, 0.3) is 0 Å². The van der Waals surface area contributed by atoms with Gasteiger partial charge in [-0.3, -0.25) is 0 Å². The fourth-order valence-electron chi connectivity index (χ4n) is 1.97. The van der Waals surface area contributed by atoms with Crippen LogP contribution in [-0.4, -0.2) is 25.6 Å². The minimum Gasteiger partial charge on any atom is -0.349 e. The number of rotatable bonds is 6. The molecule has 1 saturated carbocycles. The fraction of sp³-hybridized carbons (Fsp3) is 0.667. The van der Waals surface area contributed by atoms with Gasteiger partial charge in [0.15, 0.2) is 0 Å². The van der Waals surface area contributed by atoms with Gasteiger partial charge < -0.3 is 9.88 Å². The molecule has 0 spiro atoms. The van der Waals surface area contributed by atoms with Crippen LogP contribution in [0.2, 0.25) is 0 Å². The van der Waals surface area contributed by atoms with Gasteiger partial charge in [-0.2, -0.15) is 0 Å². The second-order valence-corrected chi connectivity index (χ2v) is 6.83. The second kappa shape index (κ2) is 4.68. The molecule has 0 unspecified atom stereocenters. The van der Waals surface area contributed by atoms with Crippen molar-refractivity contribution in [3.05, 3.63) is 18.0 Å².